The van der Waals surface area contributed by atoms with E-state index in [0.717, 1.165) is 25.1 Å². The third-order valence-electron chi connectivity index (χ3n) is 3.38. The minimum atomic E-state index is -0.318. The van der Waals surface area contributed by atoms with Crippen molar-refractivity contribution < 1.29 is 4.92 Å². The first-order valence-electron chi connectivity index (χ1n) is 6.11. The van der Waals surface area contributed by atoms with Crippen molar-refractivity contribution in [2.45, 2.75) is 26.2 Å². The summed E-state index contributed by atoms with van der Waals surface area (Å²) in [5, 5.41) is 14.1. The second-order valence-corrected chi connectivity index (χ2v) is 4.79. The van der Waals surface area contributed by atoms with E-state index in [9.17, 15) is 10.1 Å². The summed E-state index contributed by atoms with van der Waals surface area (Å²) in [5.74, 6) is 0.671. The molecular formula is C13H18N2O2. The molecule has 0 saturated carbocycles. The van der Waals surface area contributed by atoms with Crippen LogP contribution in [0.1, 0.15) is 24.0 Å². The van der Waals surface area contributed by atoms with Crippen molar-refractivity contribution in [1.82, 2.24) is 5.32 Å². The van der Waals surface area contributed by atoms with Crippen LogP contribution in [-0.4, -0.2) is 18.0 Å². The van der Waals surface area contributed by atoms with Gasteiger partial charge in [-0.1, -0.05) is 6.07 Å². The van der Waals surface area contributed by atoms with Gasteiger partial charge in [0.15, 0.2) is 0 Å². The predicted octanol–water partition coefficient (Wildman–Crippen LogP) is 2.45. The van der Waals surface area contributed by atoms with Crippen LogP contribution in [0.3, 0.4) is 0 Å². The monoisotopic (exact) mass is 234 g/mol. The third-order valence-corrected chi connectivity index (χ3v) is 3.38. The van der Waals surface area contributed by atoms with Crippen molar-refractivity contribution in [2.75, 3.05) is 13.1 Å². The Morgan fingerprint density at radius 2 is 2.35 bits per heavy atom. The summed E-state index contributed by atoms with van der Waals surface area (Å²) < 4.78 is 0. The van der Waals surface area contributed by atoms with Crippen molar-refractivity contribution in [1.29, 1.82) is 0 Å². The van der Waals surface area contributed by atoms with Crippen LogP contribution in [0.2, 0.25) is 0 Å². The fourth-order valence-corrected chi connectivity index (χ4v) is 2.48. The van der Waals surface area contributed by atoms with Crippen molar-refractivity contribution >= 4 is 5.69 Å². The highest BCUT2D eigenvalue weighted by atomic mass is 16.6. The zero-order chi connectivity index (χ0) is 12.3. The summed E-state index contributed by atoms with van der Waals surface area (Å²) in [4.78, 5) is 10.4. The molecule has 1 aromatic carbocycles. The molecule has 17 heavy (non-hydrogen) atoms. The number of nitrogens with one attached hydrogen (secondary N) is 1. The van der Waals surface area contributed by atoms with Gasteiger partial charge in [-0.2, -0.15) is 0 Å². The predicted molar refractivity (Wildman–Crippen MR) is 67.1 cm³/mol. The Kier molecular flexibility index (Phi) is 3.74. The lowest BCUT2D eigenvalue weighted by Crippen LogP contribution is -2.30. The van der Waals surface area contributed by atoms with Gasteiger partial charge >= 0.3 is 0 Å². The first-order chi connectivity index (χ1) is 8.16. The van der Waals surface area contributed by atoms with E-state index in [-0.39, 0.29) is 10.6 Å². The van der Waals surface area contributed by atoms with Crippen LogP contribution in [0.5, 0.6) is 0 Å². The molecule has 0 bridgehead atoms. The Bertz CT molecular complexity index is 412. The molecule has 0 spiro atoms. The summed E-state index contributed by atoms with van der Waals surface area (Å²) in [6.45, 7) is 3.99. The molecule has 1 aliphatic rings. The number of nitro benzene ring substituents is 1. The molecule has 1 aromatic rings. The average molecular weight is 234 g/mol. The zero-order valence-corrected chi connectivity index (χ0v) is 10.1. The molecule has 1 fully saturated rings. The first-order valence-corrected chi connectivity index (χ1v) is 6.11. The third kappa shape index (κ3) is 3.03. The van der Waals surface area contributed by atoms with Crippen LogP contribution >= 0.6 is 0 Å². The number of nitrogens with zero attached hydrogens (tertiary/aromatic N) is 1. The minimum absolute atomic E-state index is 0.218. The van der Waals surface area contributed by atoms with Gasteiger partial charge in [-0.25, -0.2) is 0 Å². The molecule has 0 aliphatic carbocycles. The highest BCUT2D eigenvalue weighted by Crippen LogP contribution is 2.22. The zero-order valence-electron chi connectivity index (χ0n) is 10.1. The van der Waals surface area contributed by atoms with E-state index in [1.54, 1.807) is 13.0 Å². The summed E-state index contributed by atoms with van der Waals surface area (Å²) in [7, 11) is 0. The van der Waals surface area contributed by atoms with E-state index in [2.05, 4.69) is 5.32 Å². The Hall–Kier alpha value is -1.42. The van der Waals surface area contributed by atoms with E-state index in [4.69, 9.17) is 0 Å². The molecule has 0 aromatic heterocycles. The molecule has 4 heteroatoms. The standard InChI is InChI=1S/C13H18N2O2/c1-10-7-11(4-5-13(10)15(16)17)8-12-3-2-6-14-9-12/h4-5,7,12,14H,2-3,6,8-9H2,1H3. The average Bonchev–Trinajstić information content (AvgIpc) is 2.30. The fourth-order valence-electron chi connectivity index (χ4n) is 2.48. The number of aryl methyl sites for hydroxylation is 1. The van der Waals surface area contributed by atoms with Gasteiger partial charge in [-0.05, 0) is 56.8 Å². The summed E-state index contributed by atoms with van der Waals surface area (Å²) >= 11 is 0. The molecule has 92 valence electrons. The van der Waals surface area contributed by atoms with Crippen molar-refractivity contribution in [3.63, 3.8) is 0 Å². The molecule has 0 radical (unpaired) electrons. The molecule has 1 unspecified atom stereocenters. The highest BCUT2D eigenvalue weighted by molar-refractivity contribution is 5.41. The summed E-state index contributed by atoms with van der Waals surface area (Å²) in [5.41, 5.74) is 2.19. The maximum atomic E-state index is 10.7. The largest absolute Gasteiger partial charge is 0.316 e. The van der Waals surface area contributed by atoms with Gasteiger partial charge in [-0.15, -0.1) is 0 Å². The van der Waals surface area contributed by atoms with E-state index < -0.39 is 0 Å². The SMILES string of the molecule is Cc1cc(CC2CCCNC2)ccc1[N+](=O)[O-]. The fraction of sp³-hybridized carbons (Fsp3) is 0.538. The second kappa shape index (κ2) is 5.27. The molecular weight excluding hydrogens is 216 g/mol. The Morgan fingerprint density at radius 1 is 1.53 bits per heavy atom. The Morgan fingerprint density at radius 3 is 2.94 bits per heavy atom. The maximum absolute atomic E-state index is 10.7. The number of piperidine rings is 1. The van der Waals surface area contributed by atoms with Crippen molar-refractivity contribution in [2.24, 2.45) is 5.92 Å². The van der Waals surface area contributed by atoms with E-state index in [0.29, 0.717) is 5.92 Å². The lowest BCUT2D eigenvalue weighted by Gasteiger charge is -2.22. The van der Waals surface area contributed by atoms with Crippen LogP contribution < -0.4 is 5.32 Å². The van der Waals surface area contributed by atoms with Gasteiger partial charge in [0.2, 0.25) is 0 Å². The summed E-state index contributed by atoms with van der Waals surface area (Å²) in [6, 6.07) is 5.47. The van der Waals surface area contributed by atoms with Gasteiger partial charge in [0.1, 0.15) is 0 Å². The minimum Gasteiger partial charge on any atom is -0.316 e. The maximum Gasteiger partial charge on any atom is 0.272 e. The number of benzene rings is 1. The van der Waals surface area contributed by atoms with Crippen LogP contribution in [0, 0.1) is 23.0 Å². The molecule has 1 aliphatic heterocycles. The Balaban J connectivity index is 2.06. The number of hydrogen-bond donors (Lipinski definition) is 1. The van der Waals surface area contributed by atoms with Gasteiger partial charge in [0.05, 0.1) is 4.92 Å². The molecule has 4 nitrogen and oxygen atoms in total. The molecule has 1 saturated heterocycles. The topological polar surface area (TPSA) is 55.2 Å². The van der Waals surface area contributed by atoms with Crippen LogP contribution in [0.25, 0.3) is 0 Å². The smallest absolute Gasteiger partial charge is 0.272 e. The molecule has 1 N–H and O–H groups in total. The van der Waals surface area contributed by atoms with Crippen LogP contribution in [0.15, 0.2) is 18.2 Å². The van der Waals surface area contributed by atoms with E-state index in [1.807, 2.05) is 12.1 Å². The van der Waals surface area contributed by atoms with Crippen molar-refractivity contribution in [3.05, 3.63) is 39.4 Å². The first kappa shape index (κ1) is 12.0. The molecule has 1 heterocycles. The van der Waals surface area contributed by atoms with Gasteiger partial charge in [-0.3, -0.25) is 10.1 Å². The van der Waals surface area contributed by atoms with Gasteiger partial charge in [0.25, 0.3) is 5.69 Å². The number of hydrogen-bond acceptors (Lipinski definition) is 3. The molecule has 1 atom stereocenters. The quantitative estimate of drug-likeness (QED) is 0.645. The van der Waals surface area contributed by atoms with Crippen molar-refractivity contribution in [3.8, 4) is 0 Å². The van der Waals surface area contributed by atoms with Gasteiger partial charge in [0, 0.05) is 11.6 Å². The number of nitro groups is 1. The van der Waals surface area contributed by atoms with Crippen LogP contribution in [0.4, 0.5) is 5.69 Å². The highest BCUT2D eigenvalue weighted by Gasteiger charge is 2.15. The lowest BCUT2D eigenvalue weighted by molar-refractivity contribution is -0.385. The second-order valence-electron chi connectivity index (χ2n) is 4.79. The lowest BCUT2D eigenvalue weighted by atomic mass is 9.91. The molecule has 0 amide bonds. The Labute approximate surface area is 101 Å². The van der Waals surface area contributed by atoms with E-state index >= 15 is 0 Å². The molecule has 2 rings (SSSR count). The number of rotatable bonds is 3. The van der Waals surface area contributed by atoms with Crippen LogP contribution in [-0.2, 0) is 6.42 Å². The summed E-state index contributed by atoms with van der Waals surface area (Å²) in [6.07, 6.45) is 3.51. The van der Waals surface area contributed by atoms with Gasteiger partial charge < -0.3 is 5.32 Å². The van der Waals surface area contributed by atoms with E-state index in [1.165, 1.54) is 18.4 Å². The normalized spacial score (nSPS) is 20.2.